The molecule has 0 amide bonds. The average Bonchev–Trinajstić information content (AvgIpc) is 2.88. The number of carbonyl (C=O) groups excluding carboxylic acids is 2. The zero-order valence-corrected chi connectivity index (χ0v) is 18.7. The summed E-state index contributed by atoms with van der Waals surface area (Å²) in [4.78, 5) is 23.3. The van der Waals surface area contributed by atoms with E-state index in [1.807, 2.05) is 13.8 Å². The van der Waals surface area contributed by atoms with Crippen molar-refractivity contribution >= 4 is 32.6 Å². The minimum Gasteiger partial charge on any atom is -0.747 e. The van der Waals surface area contributed by atoms with E-state index in [1.54, 1.807) is 6.92 Å². The molecule has 3 aliphatic rings. The van der Waals surface area contributed by atoms with Gasteiger partial charge in [-0.15, -0.1) is 0 Å². The lowest BCUT2D eigenvalue weighted by Crippen LogP contribution is -2.38. The Morgan fingerprint density at radius 1 is 1.19 bits per heavy atom. The second-order valence-corrected chi connectivity index (χ2v) is 12.8. The van der Waals surface area contributed by atoms with Crippen LogP contribution in [0.5, 0.6) is 0 Å². The summed E-state index contributed by atoms with van der Waals surface area (Å²) in [5.41, 5.74) is -0.994. The van der Waals surface area contributed by atoms with Crippen LogP contribution in [0.3, 0.4) is 0 Å². The first-order valence-electron chi connectivity index (χ1n) is 10.1. The number of ketones is 2. The standard InChI is InChI=1S/C10H16O4S.C10H19OS/c1-9(2)6-4-5-10(9,3)8(11)7(6)15(12,13)14;1-2-6-10(11)9-12-7-4-3-5-8-12/h6-7H,4-5H2,1-3H3,(H,12,13,14);2-9H2,1H3/q;+1/p-1. The molecule has 1 aliphatic heterocycles. The molecule has 3 unspecified atom stereocenters. The van der Waals surface area contributed by atoms with Gasteiger partial charge in [0.25, 0.3) is 0 Å². The Balaban J connectivity index is 0.000000199. The molecule has 5 nitrogen and oxygen atoms in total. The summed E-state index contributed by atoms with van der Waals surface area (Å²) in [5, 5.41) is -1.30. The van der Waals surface area contributed by atoms with Crippen LogP contribution in [0.25, 0.3) is 0 Å². The molecule has 3 atom stereocenters. The van der Waals surface area contributed by atoms with Crippen LogP contribution in [0, 0.1) is 16.7 Å². The Morgan fingerprint density at radius 3 is 2.19 bits per heavy atom. The number of carbonyl (C=O) groups is 2. The van der Waals surface area contributed by atoms with Crippen LogP contribution in [0.2, 0.25) is 0 Å². The van der Waals surface area contributed by atoms with E-state index in [4.69, 9.17) is 0 Å². The van der Waals surface area contributed by atoms with Gasteiger partial charge in [-0.2, -0.15) is 0 Å². The van der Waals surface area contributed by atoms with Crippen molar-refractivity contribution in [3.05, 3.63) is 0 Å². The Bertz CT molecular complexity index is 664. The normalized spacial score (nSPS) is 32.9. The van der Waals surface area contributed by atoms with Crippen LogP contribution in [0.15, 0.2) is 0 Å². The Morgan fingerprint density at radius 2 is 1.78 bits per heavy atom. The first kappa shape index (κ1) is 22.9. The fourth-order valence-corrected chi connectivity index (χ4v) is 8.67. The number of rotatable bonds is 5. The van der Waals surface area contributed by atoms with Gasteiger partial charge in [-0.1, -0.05) is 27.7 Å². The van der Waals surface area contributed by atoms with E-state index in [0.717, 1.165) is 18.6 Å². The Kier molecular flexibility index (Phi) is 7.24. The molecular formula is C20H34O5S2. The molecule has 2 bridgehead atoms. The summed E-state index contributed by atoms with van der Waals surface area (Å²) < 4.78 is 33.3. The van der Waals surface area contributed by atoms with Gasteiger partial charge in [0.1, 0.15) is 26.9 Å². The van der Waals surface area contributed by atoms with Crippen molar-refractivity contribution in [2.45, 2.75) is 77.9 Å². The molecule has 2 aliphatic carbocycles. The fraction of sp³-hybridized carbons (Fsp3) is 0.900. The molecular weight excluding hydrogens is 384 g/mol. The summed E-state index contributed by atoms with van der Waals surface area (Å²) in [5.74, 6) is 3.40. The maximum Gasteiger partial charge on any atom is 0.181 e. The van der Waals surface area contributed by atoms with Gasteiger partial charge in [-0.05, 0) is 60.8 Å². The lowest BCUT2D eigenvalue weighted by molar-refractivity contribution is -0.128. The third-order valence-corrected chi connectivity index (χ3v) is 10.7. The van der Waals surface area contributed by atoms with Gasteiger partial charge in [0.2, 0.25) is 0 Å². The van der Waals surface area contributed by atoms with Gasteiger partial charge >= 0.3 is 0 Å². The van der Waals surface area contributed by atoms with Gasteiger partial charge in [0.15, 0.2) is 17.3 Å². The van der Waals surface area contributed by atoms with Crippen molar-refractivity contribution < 1.29 is 22.6 Å². The van der Waals surface area contributed by atoms with Crippen molar-refractivity contribution in [1.29, 1.82) is 0 Å². The fourth-order valence-electron chi connectivity index (χ4n) is 4.95. The van der Waals surface area contributed by atoms with Gasteiger partial charge in [-0.3, -0.25) is 9.59 Å². The minimum absolute atomic E-state index is 0.294. The van der Waals surface area contributed by atoms with Gasteiger partial charge < -0.3 is 4.55 Å². The molecule has 0 radical (unpaired) electrons. The monoisotopic (exact) mass is 418 g/mol. The minimum atomic E-state index is -4.49. The van der Waals surface area contributed by atoms with Crippen LogP contribution in [-0.4, -0.2) is 47.0 Å². The van der Waals surface area contributed by atoms with Crippen LogP contribution >= 0.6 is 0 Å². The lowest BCUT2D eigenvalue weighted by Gasteiger charge is -2.32. The summed E-state index contributed by atoms with van der Waals surface area (Å²) >= 11 is 0. The highest BCUT2D eigenvalue weighted by molar-refractivity contribution is 7.97. The molecule has 7 heteroatoms. The first-order chi connectivity index (χ1) is 12.4. The van der Waals surface area contributed by atoms with Crippen LogP contribution in [-0.2, 0) is 30.6 Å². The summed E-state index contributed by atoms with van der Waals surface area (Å²) in [6.07, 6.45) is 7.33. The molecule has 0 aromatic carbocycles. The van der Waals surface area contributed by atoms with Crippen molar-refractivity contribution in [2.75, 3.05) is 17.3 Å². The van der Waals surface area contributed by atoms with E-state index in [0.29, 0.717) is 29.5 Å². The first-order valence-corrected chi connectivity index (χ1v) is 13.3. The van der Waals surface area contributed by atoms with E-state index in [9.17, 15) is 22.6 Å². The smallest absolute Gasteiger partial charge is 0.181 e. The largest absolute Gasteiger partial charge is 0.747 e. The summed E-state index contributed by atoms with van der Waals surface area (Å²) in [6.45, 7) is 7.67. The second-order valence-electron chi connectivity index (χ2n) is 8.99. The maximum atomic E-state index is 12.0. The van der Waals surface area contributed by atoms with Gasteiger partial charge in [0, 0.05) is 11.8 Å². The number of hydrogen-bond acceptors (Lipinski definition) is 5. The second kappa shape index (κ2) is 8.54. The van der Waals surface area contributed by atoms with E-state index in [-0.39, 0.29) is 17.1 Å². The molecule has 156 valence electrons. The predicted molar refractivity (Wildman–Crippen MR) is 109 cm³/mol. The van der Waals surface area contributed by atoms with E-state index in [2.05, 4.69) is 6.92 Å². The van der Waals surface area contributed by atoms with Crippen LogP contribution in [0.1, 0.15) is 72.6 Å². The number of hydrogen-bond donors (Lipinski definition) is 0. The molecule has 3 rings (SSSR count). The molecule has 0 spiro atoms. The van der Waals surface area contributed by atoms with Crippen molar-refractivity contribution in [3.63, 3.8) is 0 Å². The molecule has 1 heterocycles. The van der Waals surface area contributed by atoms with Crippen LogP contribution in [0.4, 0.5) is 0 Å². The molecule has 2 saturated carbocycles. The third kappa shape index (κ3) is 4.61. The Labute approximate surface area is 167 Å². The van der Waals surface area contributed by atoms with E-state index >= 15 is 0 Å². The third-order valence-electron chi connectivity index (χ3n) is 7.04. The molecule has 3 fully saturated rings. The highest BCUT2D eigenvalue weighted by atomic mass is 32.2. The average molecular weight is 419 g/mol. The molecule has 0 aromatic rings. The lowest BCUT2D eigenvalue weighted by atomic mass is 9.70. The predicted octanol–water partition coefficient (Wildman–Crippen LogP) is 3.08. The number of Topliss-reactive ketones (excluding diaryl/α,β-unsaturated/α-hetero) is 2. The van der Waals surface area contributed by atoms with E-state index < -0.39 is 20.8 Å². The highest BCUT2D eigenvalue weighted by Gasteiger charge is 2.67. The van der Waals surface area contributed by atoms with Crippen molar-refractivity contribution in [1.82, 2.24) is 0 Å². The zero-order chi connectivity index (χ0) is 20.5. The van der Waals surface area contributed by atoms with Gasteiger partial charge in [0.05, 0.1) is 0 Å². The topological polar surface area (TPSA) is 91.3 Å². The maximum absolute atomic E-state index is 12.0. The zero-order valence-electron chi connectivity index (χ0n) is 17.1. The SMILES string of the molecule is CC12CCC(C(S(=O)(=O)[O-])C1=O)C2(C)C.CCCC(=O)C[S+]1CCCCC1. The van der Waals surface area contributed by atoms with Crippen molar-refractivity contribution in [2.24, 2.45) is 16.7 Å². The molecule has 0 aromatic heterocycles. The van der Waals surface area contributed by atoms with Gasteiger partial charge in [-0.25, -0.2) is 8.42 Å². The quantitative estimate of drug-likeness (QED) is 0.505. The number of fused-ring (bicyclic) bond motifs is 2. The summed E-state index contributed by atoms with van der Waals surface area (Å²) in [6, 6.07) is 0. The highest BCUT2D eigenvalue weighted by Crippen LogP contribution is 2.64. The molecule has 0 N–H and O–H groups in total. The van der Waals surface area contributed by atoms with E-state index in [1.165, 1.54) is 30.8 Å². The Hall–Kier alpha value is -0.400. The molecule has 1 saturated heterocycles. The molecule has 27 heavy (non-hydrogen) atoms. The summed E-state index contributed by atoms with van der Waals surface area (Å²) in [7, 11) is -4.02. The van der Waals surface area contributed by atoms with Crippen molar-refractivity contribution in [3.8, 4) is 0 Å². The van der Waals surface area contributed by atoms with Crippen LogP contribution < -0.4 is 0 Å².